The lowest BCUT2D eigenvalue weighted by Gasteiger charge is -1.95. The molecule has 0 unspecified atom stereocenters. The summed E-state index contributed by atoms with van der Waals surface area (Å²) in [6.07, 6.45) is 0.373. The molecule has 15 heavy (non-hydrogen) atoms. The lowest BCUT2D eigenvalue weighted by molar-refractivity contribution is -0.385. The molecule has 78 valence electrons. The summed E-state index contributed by atoms with van der Waals surface area (Å²) in [5.41, 5.74) is 0.810. The van der Waals surface area contributed by atoms with Gasteiger partial charge in [-0.2, -0.15) is 0 Å². The highest BCUT2D eigenvalue weighted by atomic mass is 16.6. The molecule has 0 amide bonds. The van der Waals surface area contributed by atoms with E-state index in [1.165, 1.54) is 12.1 Å². The van der Waals surface area contributed by atoms with Crippen LogP contribution in [-0.2, 0) is 0 Å². The summed E-state index contributed by atoms with van der Waals surface area (Å²) >= 11 is 0. The highest BCUT2D eigenvalue weighted by Crippen LogP contribution is 2.14. The Morgan fingerprint density at radius 3 is 2.87 bits per heavy atom. The average Bonchev–Trinajstić information content (AvgIpc) is 2.17. The minimum atomic E-state index is -0.479. The zero-order chi connectivity index (χ0) is 11.3. The average molecular weight is 206 g/mol. The smallest absolute Gasteiger partial charge is 0.290 e. The van der Waals surface area contributed by atoms with Gasteiger partial charge in [-0.1, -0.05) is 5.92 Å². The van der Waals surface area contributed by atoms with Crippen molar-refractivity contribution in [3.63, 3.8) is 0 Å². The van der Waals surface area contributed by atoms with E-state index in [-0.39, 0.29) is 12.3 Å². The quantitative estimate of drug-likeness (QED) is 0.445. The van der Waals surface area contributed by atoms with Gasteiger partial charge in [0.1, 0.15) is 11.4 Å². The van der Waals surface area contributed by atoms with E-state index in [4.69, 9.17) is 5.11 Å². The Morgan fingerprint density at radius 1 is 1.60 bits per heavy atom. The highest BCUT2D eigenvalue weighted by molar-refractivity contribution is 5.39. The van der Waals surface area contributed by atoms with Crippen molar-refractivity contribution in [1.82, 2.24) is 4.98 Å². The standard InChI is InChI=1S/C10H10N2O3/c1-8-10(12(14)15)6-5-9(11-8)4-2-3-7-13/h5-6,13H,3,7H2,1H3. The molecule has 0 aliphatic carbocycles. The van der Waals surface area contributed by atoms with Gasteiger partial charge in [0.2, 0.25) is 0 Å². The van der Waals surface area contributed by atoms with E-state index in [9.17, 15) is 10.1 Å². The summed E-state index contributed by atoms with van der Waals surface area (Å²) in [4.78, 5) is 14.0. The second-order valence-corrected chi connectivity index (χ2v) is 2.83. The van der Waals surface area contributed by atoms with Gasteiger partial charge in [-0.15, -0.1) is 0 Å². The van der Waals surface area contributed by atoms with Crippen LogP contribution >= 0.6 is 0 Å². The van der Waals surface area contributed by atoms with Crippen LogP contribution in [0.3, 0.4) is 0 Å². The number of aliphatic hydroxyl groups excluding tert-OH is 1. The zero-order valence-corrected chi connectivity index (χ0v) is 8.23. The van der Waals surface area contributed by atoms with Crippen LogP contribution < -0.4 is 0 Å². The van der Waals surface area contributed by atoms with E-state index in [2.05, 4.69) is 16.8 Å². The molecule has 0 saturated carbocycles. The van der Waals surface area contributed by atoms with Crippen LogP contribution in [-0.4, -0.2) is 21.6 Å². The Hall–Kier alpha value is -1.93. The Morgan fingerprint density at radius 2 is 2.33 bits per heavy atom. The Bertz CT molecular complexity index is 432. The fourth-order valence-corrected chi connectivity index (χ4v) is 1.03. The molecule has 1 aromatic heterocycles. The van der Waals surface area contributed by atoms with Crippen LogP contribution in [0.5, 0.6) is 0 Å². The van der Waals surface area contributed by atoms with Gasteiger partial charge in [-0.05, 0) is 18.9 Å². The summed E-state index contributed by atoms with van der Waals surface area (Å²) in [6, 6.07) is 2.88. The predicted octanol–water partition coefficient (Wildman–Crippen LogP) is 1.03. The van der Waals surface area contributed by atoms with E-state index in [1.54, 1.807) is 6.92 Å². The van der Waals surface area contributed by atoms with Crippen molar-refractivity contribution >= 4 is 5.69 Å². The number of aryl methyl sites for hydroxylation is 1. The lowest BCUT2D eigenvalue weighted by atomic mass is 10.2. The lowest BCUT2D eigenvalue weighted by Crippen LogP contribution is -1.95. The van der Waals surface area contributed by atoms with Gasteiger partial charge in [0.25, 0.3) is 5.69 Å². The number of nitro groups is 1. The molecule has 0 fully saturated rings. The van der Waals surface area contributed by atoms with Gasteiger partial charge in [-0.3, -0.25) is 10.1 Å². The minimum absolute atomic E-state index is 0.00103. The van der Waals surface area contributed by atoms with Gasteiger partial charge in [-0.25, -0.2) is 4.98 Å². The van der Waals surface area contributed by atoms with Crippen LogP contribution in [0.2, 0.25) is 0 Å². The molecular weight excluding hydrogens is 196 g/mol. The maximum Gasteiger partial charge on any atom is 0.290 e. The normalized spacial score (nSPS) is 9.20. The van der Waals surface area contributed by atoms with Gasteiger partial charge in [0.15, 0.2) is 0 Å². The number of pyridine rings is 1. The number of hydrogen-bond donors (Lipinski definition) is 1. The van der Waals surface area contributed by atoms with Crippen LogP contribution in [0, 0.1) is 28.9 Å². The molecule has 0 spiro atoms. The topological polar surface area (TPSA) is 76.3 Å². The SMILES string of the molecule is Cc1nc(C#CCCO)ccc1[N+](=O)[O-]. The van der Waals surface area contributed by atoms with Crippen molar-refractivity contribution in [2.45, 2.75) is 13.3 Å². The number of aromatic nitrogens is 1. The number of rotatable bonds is 2. The first-order chi connectivity index (χ1) is 7.15. The number of aliphatic hydroxyl groups is 1. The van der Waals surface area contributed by atoms with Gasteiger partial charge in [0.05, 0.1) is 11.5 Å². The Labute approximate surface area is 86.9 Å². The van der Waals surface area contributed by atoms with Crippen molar-refractivity contribution in [3.05, 3.63) is 33.6 Å². The van der Waals surface area contributed by atoms with Crippen molar-refractivity contribution in [2.24, 2.45) is 0 Å². The predicted molar refractivity (Wildman–Crippen MR) is 54.2 cm³/mol. The Kier molecular flexibility index (Phi) is 3.77. The first-order valence-electron chi connectivity index (χ1n) is 4.37. The third kappa shape index (κ3) is 3.04. The highest BCUT2D eigenvalue weighted by Gasteiger charge is 2.10. The molecule has 5 nitrogen and oxygen atoms in total. The van der Waals surface area contributed by atoms with Crippen LogP contribution in [0.15, 0.2) is 12.1 Å². The molecule has 1 heterocycles. The molecule has 0 radical (unpaired) electrons. The van der Waals surface area contributed by atoms with Gasteiger partial charge < -0.3 is 5.11 Å². The zero-order valence-electron chi connectivity index (χ0n) is 8.23. The molecule has 1 N–H and O–H groups in total. The van der Waals surface area contributed by atoms with Crippen LogP contribution in [0.25, 0.3) is 0 Å². The summed E-state index contributed by atoms with van der Waals surface area (Å²) in [5.74, 6) is 5.40. The second kappa shape index (κ2) is 5.08. The van der Waals surface area contributed by atoms with Crippen molar-refractivity contribution in [3.8, 4) is 11.8 Å². The van der Waals surface area contributed by atoms with E-state index in [0.717, 1.165) is 0 Å². The fourth-order valence-electron chi connectivity index (χ4n) is 1.03. The minimum Gasteiger partial charge on any atom is -0.395 e. The van der Waals surface area contributed by atoms with Gasteiger partial charge in [0, 0.05) is 12.5 Å². The molecule has 0 aliphatic heterocycles. The summed E-state index contributed by atoms with van der Waals surface area (Å²) in [7, 11) is 0. The fraction of sp³-hybridized carbons (Fsp3) is 0.300. The van der Waals surface area contributed by atoms with Crippen molar-refractivity contribution < 1.29 is 10.0 Å². The van der Waals surface area contributed by atoms with Crippen LogP contribution in [0.1, 0.15) is 17.8 Å². The van der Waals surface area contributed by atoms with E-state index < -0.39 is 4.92 Å². The summed E-state index contributed by atoms with van der Waals surface area (Å²) in [6.45, 7) is 1.56. The van der Waals surface area contributed by atoms with E-state index >= 15 is 0 Å². The monoisotopic (exact) mass is 206 g/mol. The molecule has 0 aliphatic rings. The molecule has 0 bridgehead atoms. The third-order valence-electron chi connectivity index (χ3n) is 1.71. The molecule has 0 saturated heterocycles. The van der Waals surface area contributed by atoms with E-state index in [1.807, 2.05) is 0 Å². The molecule has 1 rings (SSSR count). The van der Waals surface area contributed by atoms with Crippen LogP contribution in [0.4, 0.5) is 5.69 Å². The first-order valence-corrected chi connectivity index (χ1v) is 4.37. The van der Waals surface area contributed by atoms with Crippen molar-refractivity contribution in [2.75, 3.05) is 6.61 Å². The molecule has 0 atom stereocenters. The molecule has 1 aromatic rings. The molecule has 5 heteroatoms. The van der Waals surface area contributed by atoms with Gasteiger partial charge >= 0.3 is 0 Å². The molecule has 0 aromatic carbocycles. The second-order valence-electron chi connectivity index (χ2n) is 2.83. The number of nitrogens with zero attached hydrogens (tertiary/aromatic N) is 2. The third-order valence-corrected chi connectivity index (χ3v) is 1.71. The maximum absolute atomic E-state index is 10.5. The maximum atomic E-state index is 10.5. The molecular formula is C10H10N2O3. The van der Waals surface area contributed by atoms with E-state index in [0.29, 0.717) is 17.8 Å². The van der Waals surface area contributed by atoms with Crippen molar-refractivity contribution in [1.29, 1.82) is 0 Å². The number of hydrogen-bond acceptors (Lipinski definition) is 4. The summed E-state index contributed by atoms with van der Waals surface area (Å²) < 4.78 is 0. The summed E-state index contributed by atoms with van der Waals surface area (Å²) in [5, 5.41) is 19.0. The Balaban J connectivity index is 2.93. The first kappa shape index (κ1) is 11.1. The largest absolute Gasteiger partial charge is 0.395 e.